The Morgan fingerprint density at radius 2 is 2.00 bits per heavy atom. The monoisotopic (exact) mass is 249 g/mol. The fourth-order valence-corrected chi connectivity index (χ4v) is 4.38. The topological polar surface area (TPSA) is 3.24 Å². The van der Waals surface area contributed by atoms with Crippen LogP contribution in [0.1, 0.15) is 0 Å². The quantitative estimate of drug-likeness (QED) is 0.640. The van der Waals surface area contributed by atoms with E-state index < -0.39 is 0 Å². The Balaban J connectivity index is 2.38. The van der Waals surface area contributed by atoms with Crippen molar-refractivity contribution in [1.82, 2.24) is 0 Å². The molecule has 14 heavy (non-hydrogen) atoms. The van der Waals surface area contributed by atoms with Crippen LogP contribution >= 0.6 is 0 Å². The molecule has 0 spiro atoms. The van der Waals surface area contributed by atoms with Gasteiger partial charge in [-0.1, -0.05) is 0 Å². The van der Waals surface area contributed by atoms with Gasteiger partial charge in [-0.2, -0.15) is 0 Å². The minimum atomic E-state index is 0.630. The molecule has 3 rings (SSSR count). The molecule has 0 bridgehead atoms. The van der Waals surface area contributed by atoms with Gasteiger partial charge in [0.15, 0.2) is 0 Å². The van der Waals surface area contributed by atoms with E-state index in [1.165, 1.54) is 21.9 Å². The number of rotatable bonds is 0. The van der Waals surface area contributed by atoms with E-state index in [0.29, 0.717) is 15.0 Å². The summed E-state index contributed by atoms with van der Waals surface area (Å²) in [5, 5.41) is 2.83. The van der Waals surface area contributed by atoms with Crippen molar-refractivity contribution in [1.29, 1.82) is 0 Å². The van der Waals surface area contributed by atoms with Crippen LogP contribution < -0.4 is 9.36 Å². The number of fused-ring (bicyclic) bond motifs is 3. The molecule has 0 N–H and O–H groups in total. The average molecular weight is 248 g/mol. The van der Waals surface area contributed by atoms with E-state index in [9.17, 15) is 0 Å². The fraction of sp³-hybridized carbons (Fsp3) is 0.167. The Morgan fingerprint density at radius 3 is 2.93 bits per heavy atom. The molecule has 2 heteroatoms. The molecule has 0 saturated carbocycles. The van der Waals surface area contributed by atoms with Gasteiger partial charge in [0.1, 0.15) is 0 Å². The molecule has 0 unspecified atom stereocenters. The molecule has 1 nitrogen and oxygen atoms in total. The van der Waals surface area contributed by atoms with Crippen LogP contribution in [0.2, 0.25) is 0 Å². The molecule has 1 aliphatic rings. The Hall–Kier alpha value is -0.981. The maximum atomic E-state index is 2.36. The Bertz CT molecular complexity index is 493. The van der Waals surface area contributed by atoms with Crippen LogP contribution in [0, 0.1) is 0 Å². The third-order valence-electron chi connectivity index (χ3n) is 2.67. The molecular formula is C12H11NSe. The van der Waals surface area contributed by atoms with Crippen molar-refractivity contribution in [3.63, 3.8) is 0 Å². The molecule has 0 amide bonds. The van der Waals surface area contributed by atoms with Gasteiger partial charge < -0.3 is 0 Å². The molecule has 2 aromatic rings. The van der Waals surface area contributed by atoms with E-state index in [1.54, 1.807) is 4.46 Å². The SMILES string of the molecule is CN1C[Se]c2c1ccc1ccccc21. The molecule has 0 radical (unpaired) electrons. The van der Waals surface area contributed by atoms with Gasteiger partial charge in [-0.05, 0) is 0 Å². The normalized spacial score (nSPS) is 14.8. The summed E-state index contributed by atoms with van der Waals surface area (Å²) in [5.41, 5.74) is 2.65. The van der Waals surface area contributed by atoms with Crippen LogP contribution in [0.25, 0.3) is 10.8 Å². The third-order valence-corrected chi connectivity index (χ3v) is 5.26. The maximum absolute atomic E-state index is 2.36. The molecular weight excluding hydrogens is 237 g/mol. The van der Waals surface area contributed by atoms with Gasteiger partial charge in [0, 0.05) is 0 Å². The van der Waals surface area contributed by atoms with Gasteiger partial charge in [0.05, 0.1) is 0 Å². The first-order chi connectivity index (χ1) is 6.86. The zero-order chi connectivity index (χ0) is 9.54. The first-order valence-corrected chi connectivity index (χ1v) is 6.79. The van der Waals surface area contributed by atoms with Crippen molar-refractivity contribution in [2.75, 3.05) is 17.4 Å². The predicted molar refractivity (Wildman–Crippen MR) is 62.6 cm³/mol. The zero-order valence-electron chi connectivity index (χ0n) is 8.03. The van der Waals surface area contributed by atoms with Crippen LogP contribution in [0.15, 0.2) is 36.4 Å². The molecule has 70 valence electrons. The van der Waals surface area contributed by atoms with E-state index >= 15 is 0 Å². The molecule has 0 aliphatic carbocycles. The molecule has 0 atom stereocenters. The molecule has 0 fully saturated rings. The second kappa shape index (κ2) is 3.01. The van der Waals surface area contributed by atoms with Gasteiger partial charge in [-0.3, -0.25) is 0 Å². The van der Waals surface area contributed by atoms with E-state index in [1.807, 2.05) is 0 Å². The summed E-state index contributed by atoms with van der Waals surface area (Å²) >= 11 is 0.630. The second-order valence-corrected chi connectivity index (χ2v) is 5.61. The molecule has 0 aromatic heterocycles. The molecule has 1 aliphatic heterocycles. The number of benzene rings is 2. The summed E-state index contributed by atoms with van der Waals surface area (Å²) in [6.45, 7) is 0. The van der Waals surface area contributed by atoms with E-state index in [0.717, 1.165) is 0 Å². The summed E-state index contributed by atoms with van der Waals surface area (Å²) in [6.07, 6.45) is 0. The van der Waals surface area contributed by atoms with Crippen molar-refractivity contribution in [2.24, 2.45) is 0 Å². The molecule has 2 aromatic carbocycles. The van der Waals surface area contributed by atoms with Crippen molar-refractivity contribution in [3.8, 4) is 0 Å². The van der Waals surface area contributed by atoms with Crippen LogP contribution in [0.5, 0.6) is 0 Å². The number of hydrogen-bond acceptors (Lipinski definition) is 1. The molecule has 0 saturated heterocycles. The molecule has 1 heterocycles. The van der Waals surface area contributed by atoms with E-state index in [2.05, 4.69) is 48.3 Å². The van der Waals surface area contributed by atoms with Crippen molar-refractivity contribution in [2.45, 2.75) is 0 Å². The second-order valence-electron chi connectivity index (χ2n) is 3.61. The van der Waals surface area contributed by atoms with Crippen LogP contribution in [0.4, 0.5) is 5.69 Å². The minimum absolute atomic E-state index is 0.630. The van der Waals surface area contributed by atoms with Gasteiger partial charge in [-0.25, -0.2) is 0 Å². The van der Waals surface area contributed by atoms with Gasteiger partial charge in [0.2, 0.25) is 0 Å². The number of hydrogen-bond donors (Lipinski definition) is 0. The van der Waals surface area contributed by atoms with Crippen LogP contribution in [0.3, 0.4) is 0 Å². The first kappa shape index (κ1) is 8.34. The fourth-order valence-electron chi connectivity index (χ4n) is 1.91. The first-order valence-electron chi connectivity index (χ1n) is 4.72. The van der Waals surface area contributed by atoms with E-state index in [4.69, 9.17) is 0 Å². The summed E-state index contributed by atoms with van der Waals surface area (Å²) in [4.78, 5) is 2.36. The van der Waals surface area contributed by atoms with Crippen LogP contribution in [-0.4, -0.2) is 27.4 Å². The van der Waals surface area contributed by atoms with Crippen molar-refractivity contribution in [3.05, 3.63) is 36.4 Å². The number of anilines is 1. The number of nitrogens with zero attached hydrogens (tertiary/aromatic N) is 1. The summed E-state index contributed by atoms with van der Waals surface area (Å²) in [7, 11) is 2.18. The van der Waals surface area contributed by atoms with Crippen molar-refractivity contribution >= 4 is 35.9 Å². The standard InChI is InChI=1S/C12H11NSe/c1-13-8-14-12-10-5-3-2-4-9(10)6-7-11(12)13/h2-7H,8H2,1H3. The van der Waals surface area contributed by atoms with E-state index in [-0.39, 0.29) is 0 Å². The Kier molecular flexibility index (Phi) is 1.79. The predicted octanol–water partition coefficient (Wildman–Crippen LogP) is 1.58. The van der Waals surface area contributed by atoms with Gasteiger partial charge in [-0.15, -0.1) is 0 Å². The van der Waals surface area contributed by atoms with Crippen molar-refractivity contribution < 1.29 is 0 Å². The zero-order valence-corrected chi connectivity index (χ0v) is 9.74. The third kappa shape index (κ3) is 1.08. The van der Waals surface area contributed by atoms with Gasteiger partial charge in [0.25, 0.3) is 0 Å². The van der Waals surface area contributed by atoms with Gasteiger partial charge >= 0.3 is 89.7 Å². The Labute approximate surface area is 89.9 Å². The summed E-state index contributed by atoms with van der Waals surface area (Å²) in [6, 6.07) is 13.2. The van der Waals surface area contributed by atoms with Crippen LogP contribution in [-0.2, 0) is 0 Å². The summed E-state index contributed by atoms with van der Waals surface area (Å²) in [5.74, 6) is 0. The Morgan fingerprint density at radius 1 is 1.14 bits per heavy atom. The average Bonchev–Trinajstić information content (AvgIpc) is 2.61. The summed E-state index contributed by atoms with van der Waals surface area (Å²) < 4.78 is 1.58.